The van der Waals surface area contributed by atoms with Crippen molar-refractivity contribution in [3.8, 4) is 0 Å². The molecule has 1 amide bonds. The topological polar surface area (TPSA) is 151 Å². The first-order valence-corrected chi connectivity index (χ1v) is 12.5. The Morgan fingerprint density at radius 1 is 1.12 bits per heavy atom. The molecule has 1 heterocycles. The number of aliphatic hydroxyl groups is 3. The monoisotopic (exact) mass is 462 g/mol. The van der Waals surface area contributed by atoms with Gasteiger partial charge >= 0.3 is 0 Å². The van der Waals surface area contributed by atoms with Crippen LogP contribution >= 0.6 is 0 Å². The highest BCUT2D eigenvalue weighted by atomic mass is 32.2. The summed E-state index contributed by atoms with van der Waals surface area (Å²) in [5.41, 5.74) is 5.05. The van der Waals surface area contributed by atoms with E-state index >= 15 is 0 Å². The zero-order chi connectivity index (χ0) is 23.1. The molecule has 0 radical (unpaired) electrons. The number of aliphatic hydroxyl groups excluding tert-OH is 3. The van der Waals surface area contributed by atoms with Crippen molar-refractivity contribution in [2.75, 3.05) is 13.2 Å². The van der Waals surface area contributed by atoms with Crippen molar-refractivity contribution < 1.29 is 24.3 Å². The summed E-state index contributed by atoms with van der Waals surface area (Å²) in [7, 11) is -3.68. The maximum Gasteiger partial charge on any atom is 0.259 e. The SMILES string of the molecule is CC(CO)(CO)n1nc(S(N)(=O)=NC(=O)Cc2c3c(cc4c2CCC4)CCC3)cc1CO. The first-order valence-electron chi connectivity index (χ1n) is 10.9. The Morgan fingerprint density at radius 2 is 1.72 bits per heavy atom. The molecule has 1 aromatic carbocycles. The lowest BCUT2D eigenvalue weighted by Crippen LogP contribution is -2.40. The normalized spacial score (nSPS) is 17.2. The molecule has 10 heteroatoms. The van der Waals surface area contributed by atoms with E-state index < -0.39 is 41.2 Å². The van der Waals surface area contributed by atoms with Crippen LogP contribution in [0.1, 0.15) is 53.3 Å². The molecule has 5 N–H and O–H groups in total. The first kappa shape index (κ1) is 23.1. The van der Waals surface area contributed by atoms with E-state index in [1.165, 1.54) is 39.9 Å². The molecule has 2 aliphatic carbocycles. The molecule has 9 nitrogen and oxygen atoms in total. The van der Waals surface area contributed by atoms with Crippen LogP contribution < -0.4 is 5.14 Å². The zero-order valence-electron chi connectivity index (χ0n) is 18.2. The summed E-state index contributed by atoms with van der Waals surface area (Å²) in [6, 6.07) is 3.57. The highest BCUT2D eigenvalue weighted by Gasteiger charge is 2.31. The van der Waals surface area contributed by atoms with Gasteiger partial charge < -0.3 is 15.3 Å². The lowest BCUT2D eigenvalue weighted by atomic mass is 9.92. The van der Waals surface area contributed by atoms with Crippen molar-refractivity contribution >= 4 is 15.8 Å². The average Bonchev–Trinajstić information content (AvgIpc) is 3.51. The minimum Gasteiger partial charge on any atom is -0.394 e. The quantitative estimate of drug-likeness (QED) is 0.471. The van der Waals surface area contributed by atoms with Gasteiger partial charge in [-0.25, -0.2) is 9.35 Å². The largest absolute Gasteiger partial charge is 0.394 e. The van der Waals surface area contributed by atoms with E-state index in [0.717, 1.165) is 44.1 Å². The lowest BCUT2D eigenvalue weighted by Gasteiger charge is -2.27. The number of nitrogens with two attached hydrogens (primary N) is 1. The number of aromatic nitrogens is 2. The molecule has 0 spiro atoms. The van der Waals surface area contributed by atoms with E-state index in [4.69, 9.17) is 5.14 Å². The van der Waals surface area contributed by atoms with Crippen LogP contribution in [0.25, 0.3) is 0 Å². The van der Waals surface area contributed by atoms with Crippen LogP contribution in [0.3, 0.4) is 0 Å². The lowest BCUT2D eigenvalue weighted by molar-refractivity contribution is -0.117. The Bertz CT molecular complexity index is 1140. The molecule has 1 unspecified atom stereocenters. The fourth-order valence-corrected chi connectivity index (χ4v) is 5.80. The smallest absolute Gasteiger partial charge is 0.259 e. The van der Waals surface area contributed by atoms with Crippen molar-refractivity contribution in [3.63, 3.8) is 0 Å². The van der Waals surface area contributed by atoms with Gasteiger partial charge in [-0.05, 0) is 73.3 Å². The van der Waals surface area contributed by atoms with Crippen LogP contribution in [0, 0.1) is 0 Å². The van der Waals surface area contributed by atoms with Gasteiger partial charge in [0.2, 0.25) is 0 Å². The van der Waals surface area contributed by atoms with Crippen molar-refractivity contribution in [1.29, 1.82) is 0 Å². The number of aryl methyl sites for hydroxylation is 2. The Morgan fingerprint density at radius 3 is 2.25 bits per heavy atom. The highest BCUT2D eigenvalue weighted by Crippen LogP contribution is 2.35. The van der Waals surface area contributed by atoms with Crippen LogP contribution in [-0.4, -0.2) is 48.4 Å². The molecule has 1 aromatic heterocycles. The Labute approximate surface area is 187 Å². The summed E-state index contributed by atoms with van der Waals surface area (Å²) < 4.78 is 18.2. The molecule has 1 atom stereocenters. The third kappa shape index (κ3) is 4.01. The standard InChI is InChI=1S/C22H30N4O5S/c1-22(12-28,13-29)26-16(11-27)9-21(24-26)32(23,31)25-20(30)10-19-17-6-2-4-14(17)8-15-5-3-7-18(15)19/h8-9,27-29H,2-7,10-13H2,1H3,(H2,23,25,30,31). The molecule has 0 saturated carbocycles. The van der Waals surface area contributed by atoms with Crippen molar-refractivity contribution in [2.45, 2.75) is 69.0 Å². The third-order valence-electron chi connectivity index (χ3n) is 6.58. The van der Waals surface area contributed by atoms with E-state index in [9.17, 15) is 24.3 Å². The van der Waals surface area contributed by atoms with Gasteiger partial charge in [-0.15, -0.1) is 4.36 Å². The van der Waals surface area contributed by atoms with Crippen LogP contribution in [0.5, 0.6) is 0 Å². The van der Waals surface area contributed by atoms with Gasteiger partial charge in [-0.3, -0.25) is 9.48 Å². The fraction of sp³-hybridized carbons (Fsp3) is 0.545. The van der Waals surface area contributed by atoms with Crippen molar-refractivity contribution in [1.82, 2.24) is 9.78 Å². The number of rotatable bonds is 7. The van der Waals surface area contributed by atoms with Gasteiger partial charge in [-0.2, -0.15) is 5.10 Å². The number of fused-ring (bicyclic) bond motifs is 2. The maximum absolute atomic E-state index is 13.1. The summed E-state index contributed by atoms with van der Waals surface area (Å²) in [5, 5.41) is 38.9. The van der Waals surface area contributed by atoms with Crippen LogP contribution in [0.2, 0.25) is 0 Å². The van der Waals surface area contributed by atoms with E-state index in [2.05, 4.69) is 15.5 Å². The number of benzene rings is 1. The first-order chi connectivity index (χ1) is 15.2. The Kier molecular flexibility index (Phi) is 6.25. The van der Waals surface area contributed by atoms with E-state index in [-0.39, 0.29) is 17.1 Å². The molecule has 4 rings (SSSR count). The molecule has 0 aliphatic heterocycles. The molecule has 174 valence electrons. The molecular formula is C22H30N4O5S. The average molecular weight is 463 g/mol. The Balaban J connectivity index is 1.68. The summed E-state index contributed by atoms with van der Waals surface area (Å²) in [6.45, 7) is 0.113. The summed E-state index contributed by atoms with van der Waals surface area (Å²) in [5.74, 6) is -0.570. The summed E-state index contributed by atoms with van der Waals surface area (Å²) >= 11 is 0. The van der Waals surface area contributed by atoms with Crippen LogP contribution in [-0.2, 0) is 59.0 Å². The van der Waals surface area contributed by atoms with Gasteiger partial charge in [0.1, 0.15) is 5.54 Å². The molecule has 0 bridgehead atoms. The van der Waals surface area contributed by atoms with Gasteiger partial charge in [0, 0.05) is 6.07 Å². The molecule has 2 aromatic rings. The molecule has 0 fully saturated rings. The van der Waals surface area contributed by atoms with E-state index in [0.29, 0.717) is 0 Å². The van der Waals surface area contributed by atoms with E-state index in [1.54, 1.807) is 0 Å². The molecule has 2 aliphatic rings. The number of nitrogens with zero attached hydrogens (tertiary/aromatic N) is 3. The predicted octanol–water partition coefficient (Wildman–Crippen LogP) is 0.523. The number of carbonyl (C=O) groups is 1. The number of amides is 1. The Hall–Kier alpha value is -2.11. The van der Waals surface area contributed by atoms with Gasteiger partial charge in [0.15, 0.2) is 14.9 Å². The fourth-order valence-electron chi connectivity index (χ4n) is 4.83. The number of hydrogen-bond acceptors (Lipinski definition) is 6. The van der Waals surface area contributed by atoms with Crippen LogP contribution in [0.15, 0.2) is 21.5 Å². The van der Waals surface area contributed by atoms with Crippen molar-refractivity contribution in [3.05, 3.63) is 45.6 Å². The summed E-state index contributed by atoms with van der Waals surface area (Å²) in [4.78, 5) is 12.9. The molecule has 32 heavy (non-hydrogen) atoms. The van der Waals surface area contributed by atoms with Gasteiger partial charge in [0.05, 0.1) is 31.9 Å². The van der Waals surface area contributed by atoms with E-state index in [1.807, 2.05) is 0 Å². The number of hydrogen-bond donors (Lipinski definition) is 4. The maximum atomic E-state index is 13.1. The number of carbonyl (C=O) groups excluding carboxylic acids is 1. The minimum absolute atomic E-state index is 0.0538. The second-order valence-corrected chi connectivity index (χ2v) is 10.7. The second kappa shape index (κ2) is 8.68. The van der Waals surface area contributed by atoms with Crippen LogP contribution in [0.4, 0.5) is 0 Å². The molecule has 0 saturated heterocycles. The minimum atomic E-state index is -3.68. The zero-order valence-corrected chi connectivity index (χ0v) is 19.0. The summed E-state index contributed by atoms with van der Waals surface area (Å²) in [6.07, 6.45) is 6.11. The van der Waals surface area contributed by atoms with Gasteiger partial charge in [-0.1, -0.05) is 6.07 Å². The molecular weight excluding hydrogens is 432 g/mol. The predicted molar refractivity (Wildman–Crippen MR) is 118 cm³/mol. The van der Waals surface area contributed by atoms with Gasteiger partial charge in [0.25, 0.3) is 5.91 Å². The second-order valence-electron chi connectivity index (χ2n) is 8.93. The highest BCUT2D eigenvalue weighted by molar-refractivity contribution is 7.91. The van der Waals surface area contributed by atoms with Crippen molar-refractivity contribution in [2.24, 2.45) is 9.50 Å². The third-order valence-corrected chi connectivity index (χ3v) is 7.85.